The molecular formula is C119H188N6O12. The van der Waals surface area contributed by atoms with Crippen LogP contribution in [0.1, 0.15) is 393 Å². The van der Waals surface area contributed by atoms with E-state index in [4.69, 9.17) is 31.8 Å². The van der Waals surface area contributed by atoms with Crippen molar-refractivity contribution >= 4 is 40.4 Å². The van der Waals surface area contributed by atoms with E-state index in [1.165, 1.54) is 85.6 Å². The second-order valence-corrected chi connectivity index (χ2v) is 54.5. The highest BCUT2D eigenvalue weighted by Gasteiger charge is 2.74. The zero-order chi connectivity index (χ0) is 102. The Kier molecular flexibility index (Phi) is 30.0. The Balaban J connectivity index is 0.000000166. The summed E-state index contributed by atoms with van der Waals surface area (Å²) in [6, 6.07) is 17.5. The molecule has 16 aliphatic rings. The maximum absolute atomic E-state index is 13.7. The van der Waals surface area contributed by atoms with Crippen LogP contribution in [-0.4, -0.2) is 131 Å². The first kappa shape index (κ1) is 109. The highest BCUT2D eigenvalue weighted by Crippen LogP contribution is 2.81. The number of Topliss-reactive ketones (excluding diaryl/α,β-unsaturated/α-hetero) is 3. The Labute approximate surface area is 827 Å². The van der Waals surface area contributed by atoms with Crippen molar-refractivity contribution in [2.45, 2.75) is 397 Å². The molecule has 11 N–H and O–H groups in total. The summed E-state index contributed by atoms with van der Waals surface area (Å²) in [5, 5.41) is 49.5. The third-order valence-corrected chi connectivity index (χ3v) is 44.7. The SMILES string of the molecule is CC(C)C1=C2[C@H]3CC[C@@H]4[C@@]5(C)CC=C(c6ccc(C(=O)OC(C)(C)C)cc6)C(C)(C)[C@@H]5CC[C@@]4(C)[C@]3(C)CC[C@@]2([C@@H](O)CN)CC1=O.CC(C)C1=C2[C@H]3CC[C@@H]4[C@@]5(C)CC=C(c6ccc(C(=O)OC(C)(C)C)cc6)C(C)(C)[C@@H]5CC[C@@]4(C)[C@]3(C)CC[C@@]2([C@@H](O)C[N+](=O)[O-])CC1=O.CC1(C)C2CCC1(C)C(NCCNC1CC3CCC1(C)C3(C)C)C2.CC12CCC(CC1=O)C2(C)C.CO.NCCN. The number of carbonyl (C=O) groups excluding carboxylic acids is 5. The standard InChI is InChI=1S/C42H59NO6.C42H61NO4.C22H40N2.C10H16O.C2H8N2.CH4O/c1-25(2)34-30(44)23-42(33(45)24-43(47)48)22-21-40(9)29(35(34)42)15-16-32-39(8)19-17-28(38(6,7)31(39)18-20-41(32,40)10)26-11-13-27(14-12-26)36(46)49-37(3,4)5;1-25(2)34-30(44)23-42(33(45)24-43)22-21-40(9)29(35(34)42)15-16-32-39(8)19-17-28(38(6,7)31(39)18-20-41(32,40)10)26-11-13-27(14-12-26)36(46)47-37(3,4)5;1-19(2)15-7-9-21(19,5)17(13-15)23-11-12-24-18-14-16-8-10-22(18,6)20(16,3)4;1-9(2)7-4-5-10(9,3)8(11)6-7;3-1-2-4;1-2/h11-14,17,25,29,31-33,45H,15-16,18-24H2,1-10H3;11-14,17,25,29,31-33,45H,15-16,18-24,43H2,1-10H3;15-18,23-24H,7-14H2,1-6H3;7H,4-6H2,1-3H3;1-4H2;2H,1H3/t2*29-,31+,32-,33+,39+,40-,41-,42+;;;;/m11..../s1. The van der Waals surface area contributed by atoms with Crippen molar-refractivity contribution in [3.8, 4) is 0 Å². The van der Waals surface area contributed by atoms with E-state index in [1.54, 1.807) is 0 Å². The highest BCUT2D eigenvalue weighted by molar-refractivity contribution is 6.02. The van der Waals surface area contributed by atoms with Crippen LogP contribution in [0, 0.1) is 162 Å². The van der Waals surface area contributed by atoms with Crippen LogP contribution in [0.4, 0.5) is 0 Å². The lowest BCUT2D eigenvalue weighted by atomic mass is 9.33. The molecule has 16 aliphatic carbocycles. The number of nitrogens with zero attached hydrogens (tertiary/aromatic N) is 1. The predicted octanol–water partition coefficient (Wildman–Crippen LogP) is 23.7. The number of carbonyl (C=O) groups is 5. The van der Waals surface area contributed by atoms with Gasteiger partial charge in [-0.2, -0.15) is 0 Å². The molecule has 0 heterocycles. The average Bonchev–Trinajstić information content (AvgIpc) is 1.65. The van der Waals surface area contributed by atoms with Gasteiger partial charge in [-0.3, -0.25) is 24.5 Å². The van der Waals surface area contributed by atoms with E-state index in [2.05, 4.69) is 206 Å². The number of benzene rings is 2. The number of fused-ring (bicyclic) bond motifs is 20. The monoisotopic (exact) mass is 1890 g/mol. The van der Waals surface area contributed by atoms with Crippen LogP contribution in [0.5, 0.6) is 0 Å². The summed E-state index contributed by atoms with van der Waals surface area (Å²) in [5.74, 6) is 5.56. The average molecular weight is 1890 g/mol. The zero-order valence-electron chi connectivity index (χ0n) is 91.0. The Morgan fingerprint density at radius 2 is 0.818 bits per heavy atom. The number of ether oxygens (including phenoxy) is 2. The number of allylic oxidation sites excluding steroid dienone is 6. The first-order chi connectivity index (χ1) is 63.4. The number of esters is 2. The summed E-state index contributed by atoms with van der Waals surface area (Å²) in [4.78, 5) is 75.7. The Morgan fingerprint density at radius 3 is 1.10 bits per heavy atom. The topological polar surface area (TPSA) is 310 Å². The minimum absolute atomic E-state index is 0.0162. The molecule has 12 saturated carbocycles. The van der Waals surface area contributed by atoms with E-state index in [9.17, 15) is 44.3 Å². The summed E-state index contributed by atoms with van der Waals surface area (Å²) >= 11 is 0. The van der Waals surface area contributed by atoms with Gasteiger partial charge in [0.2, 0.25) is 6.54 Å². The smallest absolute Gasteiger partial charge is 0.338 e. The number of nitro groups is 1. The van der Waals surface area contributed by atoms with Crippen molar-refractivity contribution in [1.29, 1.82) is 0 Å². The van der Waals surface area contributed by atoms with Gasteiger partial charge in [0.05, 0.1) is 17.2 Å². The molecule has 766 valence electrons. The van der Waals surface area contributed by atoms with E-state index in [0.29, 0.717) is 100 Å². The minimum atomic E-state index is -1.15. The van der Waals surface area contributed by atoms with Gasteiger partial charge in [-0.25, -0.2) is 9.59 Å². The number of nitrogens with one attached hydrogen (secondary N) is 2. The second-order valence-electron chi connectivity index (χ2n) is 54.5. The number of hydrogen-bond donors (Lipinski definition) is 8. The van der Waals surface area contributed by atoms with Crippen molar-refractivity contribution in [1.82, 2.24) is 10.6 Å². The van der Waals surface area contributed by atoms with Gasteiger partial charge in [0.15, 0.2) is 11.6 Å². The van der Waals surface area contributed by atoms with Crippen molar-refractivity contribution in [3.05, 3.63) is 115 Å². The van der Waals surface area contributed by atoms with E-state index in [-0.39, 0.29) is 108 Å². The number of ketones is 3. The molecule has 0 aromatic heterocycles. The molecule has 0 saturated heterocycles. The van der Waals surface area contributed by atoms with Crippen molar-refractivity contribution in [2.75, 3.05) is 46.4 Å². The molecule has 8 unspecified atom stereocenters. The van der Waals surface area contributed by atoms with Crippen molar-refractivity contribution < 1.29 is 53.7 Å². The van der Waals surface area contributed by atoms with Gasteiger partial charge in [0.1, 0.15) is 23.1 Å². The normalized spacial score (nSPS) is 39.5. The highest BCUT2D eigenvalue weighted by atomic mass is 16.6. The molecule has 12 fully saturated rings. The lowest BCUT2D eigenvalue weighted by molar-refractivity contribution is -0.494. The molecule has 0 aliphatic heterocycles. The molecule has 18 heteroatoms. The van der Waals surface area contributed by atoms with E-state index in [1.807, 2.05) is 65.8 Å². The van der Waals surface area contributed by atoms with Gasteiger partial charge in [-0.15, -0.1) is 0 Å². The Hall–Kier alpha value is -5.57. The predicted molar refractivity (Wildman–Crippen MR) is 554 cm³/mol. The number of aliphatic hydroxyl groups is 3. The van der Waals surface area contributed by atoms with Gasteiger partial charge >= 0.3 is 11.9 Å². The molecule has 6 bridgehead atoms. The minimum Gasteiger partial charge on any atom is -0.456 e. The lowest BCUT2D eigenvalue weighted by Gasteiger charge is -2.71. The van der Waals surface area contributed by atoms with Crippen molar-refractivity contribution in [3.63, 3.8) is 0 Å². The van der Waals surface area contributed by atoms with Crippen LogP contribution < -0.4 is 27.8 Å². The van der Waals surface area contributed by atoms with Crippen LogP contribution >= 0.6 is 0 Å². The number of hydrogen-bond acceptors (Lipinski definition) is 17. The number of aliphatic hydroxyl groups excluding tert-OH is 3. The molecule has 18 nitrogen and oxygen atoms in total. The summed E-state index contributed by atoms with van der Waals surface area (Å²) in [5.41, 5.74) is 26.8. The van der Waals surface area contributed by atoms with Crippen LogP contribution in [0.15, 0.2) is 83.0 Å². The first-order valence-corrected chi connectivity index (χ1v) is 54.1. The van der Waals surface area contributed by atoms with Gasteiger partial charge < -0.3 is 52.6 Å². The fourth-order valence-corrected chi connectivity index (χ4v) is 35.6. The Bertz CT molecular complexity index is 4930. The van der Waals surface area contributed by atoms with Crippen LogP contribution in [0.2, 0.25) is 0 Å². The second kappa shape index (κ2) is 37.8. The van der Waals surface area contributed by atoms with Gasteiger partial charge in [0.25, 0.3) is 0 Å². The fourth-order valence-electron chi connectivity index (χ4n) is 35.6. The molecule has 24 atom stereocenters. The third kappa shape index (κ3) is 17.4. The molecule has 2 aromatic carbocycles. The zero-order valence-corrected chi connectivity index (χ0v) is 91.0. The number of rotatable bonds is 17. The largest absolute Gasteiger partial charge is 0.456 e. The molecule has 2 aromatic rings. The number of nitrogens with two attached hydrogens (primary N) is 3. The lowest BCUT2D eigenvalue weighted by Crippen LogP contribution is -2.64. The van der Waals surface area contributed by atoms with Crippen LogP contribution in [0.3, 0.4) is 0 Å². The maximum Gasteiger partial charge on any atom is 0.338 e. The molecule has 0 spiro atoms. The van der Waals surface area contributed by atoms with E-state index in [0.717, 1.165) is 144 Å². The summed E-state index contributed by atoms with van der Waals surface area (Å²) in [6.07, 6.45) is 29.9. The van der Waals surface area contributed by atoms with Gasteiger partial charge in [-0.1, -0.05) is 207 Å². The van der Waals surface area contributed by atoms with Crippen LogP contribution in [-0.2, 0) is 23.9 Å². The molecule has 137 heavy (non-hydrogen) atoms. The van der Waals surface area contributed by atoms with Gasteiger partial charge in [0, 0.05) is 92.3 Å². The van der Waals surface area contributed by atoms with E-state index >= 15 is 0 Å². The first-order valence-electron chi connectivity index (χ1n) is 54.1. The summed E-state index contributed by atoms with van der Waals surface area (Å²) < 4.78 is 11.2. The molecule has 0 radical (unpaired) electrons. The summed E-state index contributed by atoms with van der Waals surface area (Å²) in [6.45, 7) is 69.8. The maximum atomic E-state index is 13.7. The Morgan fingerprint density at radius 1 is 0.460 bits per heavy atom. The van der Waals surface area contributed by atoms with E-state index < -0.39 is 45.7 Å². The molecule has 0 amide bonds. The van der Waals surface area contributed by atoms with Crippen LogP contribution in [0.25, 0.3) is 11.1 Å². The quantitative estimate of drug-likeness (QED) is 0.0316. The van der Waals surface area contributed by atoms with Crippen molar-refractivity contribution in [2.24, 2.45) is 169 Å². The summed E-state index contributed by atoms with van der Waals surface area (Å²) in [7, 11) is 1.00. The fraction of sp³-hybridized carbons (Fsp3) is 0.790. The van der Waals surface area contributed by atoms with Gasteiger partial charge in [-0.05, 0) is 376 Å². The third-order valence-electron chi connectivity index (χ3n) is 44.7. The molecule has 18 rings (SSSR count). The molecular weight excluding hydrogens is 1710 g/mol.